The molecule has 37 heavy (non-hydrogen) atoms. The second kappa shape index (κ2) is 9.42. The Morgan fingerprint density at radius 1 is 0.973 bits per heavy atom. The fraction of sp³-hybridized carbons (Fsp3) is 0.214. The van der Waals surface area contributed by atoms with Gasteiger partial charge in [-0.05, 0) is 48.0 Å². The lowest BCUT2D eigenvalue weighted by molar-refractivity contribution is -0.138. The van der Waals surface area contributed by atoms with Gasteiger partial charge in [-0.15, -0.1) is 0 Å². The molecule has 4 aromatic rings. The van der Waals surface area contributed by atoms with Crippen molar-refractivity contribution < 1.29 is 33.6 Å². The lowest BCUT2D eigenvalue weighted by Gasteiger charge is -2.13. The highest BCUT2D eigenvalue weighted by molar-refractivity contribution is 5.78. The number of nitrogens with zero attached hydrogens (tertiary/aromatic N) is 2. The van der Waals surface area contributed by atoms with Crippen molar-refractivity contribution >= 4 is 5.97 Å². The van der Waals surface area contributed by atoms with E-state index in [-0.39, 0.29) is 20.0 Å². The molecule has 0 bridgehead atoms. The number of aromatic nitrogens is 2. The maximum atomic E-state index is 12.4. The summed E-state index contributed by atoms with van der Waals surface area (Å²) in [5, 5.41) is 15.0. The van der Waals surface area contributed by atoms with Crippen molar-refractivity contribution in [3.05, 3.63) is 83.6 Å². The van der Waals surface area contributed by atoms with Crippen LogP contribution in [0.4, 0.5) is 0 Å². The standard InChI is InChI=1S/C28H24N2O7/c1-33-20-8-5-17(6-9-20)14-30-23(18-7-10-24-26(11-18)36-15-34-24)13-19(29-30)12-22(28(31)32)21-3-2-4-25-27(21)37-16-35-25/h2-11,13,22H,12,14-16H2,1H3,(H,31,32). The Balaban J connectivity index is 1.37. The fourth-order valence-electron chi connectivity index (χ4n) is 4.65. The zero-order chi connectivity index (χ0) is 25.4. The summed E-state index contributed by atoms with van der Waals surface area (Å²) in [5.41, 5.74) is 3.97. The molecule has 188 valence electrons. The number of carboxylic acid groups (broad SMARTS) is 1. The summed E-state index contributed by atoms with van der Waals surface area (Å²) in [6, 6.07) is 20.7. The molecule has 0 fully saturated rings. The van der Waals surface area contributed by atoms with Gasteiger partial charge in [-0.2, -0.15) is 5.10 Å². The van der Waals surface area contributed by atoms with Gasteiger partial charge >= 0.3 is 5.97 Å². The van der Waals surface area contributed by atoms with E-state index < -0.39 is 11.9 Å². The first-order valence-electron chi connectivity index (χ1n) is 11.8. The fourth-order valence-corrected chi connectivity index (χ4v) is 4.65. The summed E-state index contributed by atoms with van der Waals surface area (Å²) in [6.45, 7) is 0.745. The lowest BCUT2D eigenvalue weighted by Crippen LogP contribution is -2.16. The number of carboxylic acids is 1. The number of methoxy groups -OCH3 is 1. The van der Waals surface area contributed by atoms with Gasteiger partial charge in [-0.25, -0.2) is 0 Å². The van der Waals surface area contributed by atoms with Gasteiger partial charge in [0.2, 0.25) is 13.6 Å². The monoisotopic (exact) mass is 500 g/mol. The van der Waals surface area contributed by atoms with Gasteiger partial charge in [0.25, 0.3) is 0 Å². The van der Waals surface area contributed by atoms with E-state index >= 15 is 0 Å². The highest BCUT2D eigenvalue weighted by Crippen LogP contribution is 2.41. The van der Waals surface area contributed by atoms with Crippen molar-refractivity contribution in [1.82, 2.24) is 9.78 Å². The number of para-hydroxylation sites is 1. The van der Waals surface area contributed by atoms with E-state index in [1.807, 2.05) is 53.2 Å². The molecule has 3 aromatic carbocycles. The van der Waals surface area contributed by atoms with Gasteiger partial charge in [0.05, 0.1) is 31.0 Å². The van der Waals surface area contributed by atoms with Crippen molar-refractivity contribution in [2.24, 2.45) is 0 Å². The molecule has 2 aliphatic rings. The molecule has 9 heteroatoms. The van der Waals surface area contributed by atoms with Crippen LogP contribution < -0.4 is 23.7 Å². The van der Waals surface area contributed by atoms with Crippen LogP contribution in [0, 0.1) is 0 Å². The van der Waals surface area contributed by atoms with Crippen LogP contribution in [-0.2, 0) is 17.8 Å². The number of benzene rings is 3. The topological polar surface area (TPSA) is 101 Å². The molecule has 3 heterocycles. The zero-order valence-corrected chi connectivity index (χ0v) is 20.0. The Kier molecular flexibility index (Phi) is 5.80. The molecule has 0 aliphatic carbocycles. The summed E-state index contributed by atoms with van der Waals surface area (Å²) >= 11 is 0. The largest absolute Gasteiger partial charge is 0.497 e. The minimum Gasteiger partial charge on any atom is -0.497 e. The number of hydrogen-bond acceptors (Lipinski definition) is 7. The normalized spacial score (nSPS) is 14.0. The zero-order valence-electron chi connectivity index (χ0n) is 20.0. The van der Waals surface area contributed by atoms with Crippen LogP contribution in [0.5, 0.6) is 28.7 Å². The predicted octanol–water partition coefficient (Wildman–Crippen LogP) is 4.48. The summed E-state index contributed by atoms with van der Waals surface area (Å²) in [4.78, 5) is 12.4. The van der Waals surface area contributed by atoms with Crippen molar-refractivity contribution in [2.75, 3.05) is 20.7 Å². The first-order chi connectivity index (χ1) is 18.1. The Morgan fingerprint density at radius 3 is 2.57 bits per heavy atom. The maximum absolute atomic E-state index is 12.4. The first kappa shape index (κ1) is 22.8. The number of carbonyl (C=O) groups is 1. The second-order valence-electron chi connectivity index (χ2n) is 8.77. The average molecular weight is 501 g/mol. The highest BCUT2D eigenvalue weighted by atomic mass is 16.7. The van der Waals surface area contributed by atoms with Gasteiger partial charge < -0.3 is 28.8 Å². The third kappa shape index (κ3) is 4.40. The SMILES string of the molecule is COc1ccc(Cn2nc(CC(C(=O)O)c3cccc4c3OCO4)cc2-c2ccc3c(c2)OCO3)cc1. The van der Waals surface area contributed by atoms with Gasteiger partial charge in [-0.3, -0.25) is 9.48 Å². The molecule has 1 N–H and O–H groups in total. The molecule has 2 aliphatic heterocycles. The van der Waals surface area contributed by atoms with Gasteiger partial charge in [-0.1, -0.05) is 24.3 Å². The quantitative estimate of drug-likeness (QED) is 0.378. The average Bonchev–Trinajstić information content (AvgIpc) is 3.66. The number of hydrogen-bond donors (Lipinski definition) is 1. The van der Waals surface area contributed by atoms with E-state index in [1.54, 1.807) is 25.3 Å². The van der Waals surface area contributed by atoms with Gasteiger partial charge in [0, 0.05) is 17.5 Å². The summed E-state index contributed by atoms with van der Waals surface area (Å²) < 4.78 is 29.2. The van der Waals surface area contributed by atoms with Crippen molar-refractivity contribution in [1.29, 1.82) is 0 Å². The Labute approximate surface area is 212 Å². The van der Waals surface area contributed by atoms with E-state index in [9.17, 15) is 9.90 Å². The van der Waals surface area contributed by atoms with Crippen LogP contribution in [0.15, 0.2) is 66.7 Å². The highest BCUT2D eigenvalue weighted by Gasteiger charge is 2.29. The number of ether oxygens (including phenoxy) is 5. The minimum absolute atomic E-state index is 0.0729. The van der Waals surface area contributed by atoms with Gasteiger partial charge in [0.15, 0.2) is 23.0 Å². The molecular formula is C28H24N2O7. The van der Waals surface area contributed by atoms with Gasteiger partial charge in [0.1, 0.15) is 5.75 Å². The van der Waals surface area contributed by atoms with Crippen LogP contribution in [0.2, 0.25) is 0 Å². The van der Waals surface area contributed by atoms with E-state index in [1.165, 1.54) is 0 Å². The van der Waals surface area contributed by atoms with E-state index in [0.717, 1.165) is 22.6 Å². The maximum Gasteiger partial charge on any atom is 0.311 e. The molecule has 0 saturated carbocycles. The van der Waals surface area contributed by atoms with E-state index in [0.29, 0.717) is 40.8 Å². The van der Waals surface area contributed by atoms with Crippen molar-refractivity contribution in [3.63, 3.8) is 0 Å². The van der Waals surface area contributed by atoms with Crippen molar-refractivity contribution in [3.8, 4) is 40.0 Å². The summed E-state index contributed by atoms with van der Waals surface area (Å²) in [5.74, 6) is 1.34. The smallest absolute Gasteiger partial charge is 0.311 e. The van der Waals surface area contributed by atoms with Crippen LogP contribution in [0.1, 0.15) is 22.7 Å². The Bertz CT molecular complexity index is 1460. The first-order valence-corrected chi connectivity index (χ1v) is 11.8. The molecule has 0 saturated heterocycles. The van der Waals surface area contributed by atoms with Crippen LogP contribution >= 0.6 is 0 Å². The predicted molar refractivity (Wildman–Crippen MR) is 133 cm³/mol. The molecule has 1 aromatic heterocycles. The molecule has 0 spiro atoms. The molecule has 0 amide bonds. The summed E-state index contributed by atoms with van der Waals surface area (Å²) in [7, 11) is 1.63. The molecule has 6 rings (SSSR count). The Morgan fingerprint density at radius 2 is 1.76 bits per heavy atom. The molecule has 9 nitrogen and oxygen atoms in total. The third-order valence-electron chi connectivity index (χ3n) is 6.50. The molecule has 1 atom stereocenters. The number of rotatable bonds is 8. The minimum atomic E-state index is -0.960. The van der Waals surface area contributed by atoms with Crippen LogP contribution in [0.25, 0.3) is 11.3 Å². The summed E-state index contributed by atoms with van der Waals surface area (Å²) in [6.07, 6.45) is 0.183. The second-order valence-corrected chi connectivity index (χ2v) is 8.77. The van der Waals surface area contributed by atoms with Crippen LogP contribution in [0.3, 0.4) is 0 Å². The third-order valence-corrected chi connectivity index (χ3v) is 6.50. The van der Waals surface area contributed by atoms with Crippen LogP contribution in [-0.4, -0.2) is 41.6 Å². The molecule has 0 radical (unpaired) electrons. The molecular weight excluding hydrogens is 476 g/mol. The number of fused-ring (bicyclic) bond motifs is 2. The van der Waals surface area contributed by atoms with E-state index in [4.69, 9.17) is 28.8 Å². The van der Waals surface area contributed by atoms with Crippen molar-refractivity contribution in [2.45, 2.75) is 18.9 Å². The Hall–Kier alpha value is -4.66. The molecule has 1 unspecified atom stereocenters. The lowest BCUT2D eigenvalue weighted by atomic mass is 9.93. The number of aliphatic carboxylic acids is 1. The van der Waals surface area contributed by atoms with E-state index in [2.05, 4.69) is 0 Å².